The van der Waals surface area contributed by atoms with Gasteiger partial charge in [0.25, 0.3) is 0 Å². The topological polar surface area (TPSA) is 93.0 Å². The van der Waals surface area contributed by atoms with E-state index in [0.717, 1.165) is 11.1 Å². The van der Waals surface area contributed by atoms with Gasteiger partial charge in [-0.1, -0.05) is 29.8 Å². The first-order valence-electron chi connectivity index (χ1n) is 9.31. The van der Waals surface area contributed by atoms with E-state index < -0.39 is 5.54 Å². The number of nitrogens with zero attached hydrogens (tertiary/aromatic N) is 5. The number of aryl methyl sites for hydroxylation is 1. The highest BCUT2D eigenvalue weighted by atomic mass is 16.2. The Labute approximate surface area is 166 Å². The molecule has 2 aromatic rings. The molecule has 1 aromatic heterocycles. The molecule has 2 rings (SSSR count). The molecule has 0 aliphatic rings. The lowest BCUT2D eigenvalue weighted by Gasteiger charge is -2.35. The Hall–Kier alpha value is -2.77. The number of carbonyl (C=O) groups is 2. The maximum atomic E-state index is 12.9. The van der Waals surface area contributed by atoms with Crippen molar-refractivity contribution in [1.29, 1.82) is 0 Å². The standard InChI is InChI=1S/C20H30N6O2/c1-14-8-10-15(11-9-14)18-22-24-26(23-18)13-17(28)25(20(5,6)7)12-16(27)21-19(2,3)4/h8-11H,12-13H2,1-7H3,(H,21,27). The highest BCUT2D eigenvalue weighted by molar-refractivity contribution is 5.85. The summed E-state index contributed by atoms with van der Waals surface area (Å²) in [5.74, 6) is 0.00710. The van der Waals surface area contributed by atoms with Gasteiger partial charge in [0.05, 0.1) is 0 Å². The van der Waals surface area contributed by atoms with Crippen LogP contribution in [0, 0.1) is 6.92 Å². The minimum absolute atomic E-state index is 0.0287. The van der Waals surface area contributed by atoms with E-state index >= 15 is 0 Å². The zero-order valence-corrected chi connectivity index (χ0v) is 17.8. The molecule has 0 atom stereocenters. The van der Waals surface area contributed by atoms with Crippen LogP contribution in [0.4, 0.5) is 0 Å². The summed E-state index contributed by atoms with van der Waals surface area (Å²) in [6, 6.07) is 7.76. The van der Waals surface area contributed by atoms with Gasteiger partial charge in [-0.2, -0.15) is 4.80 Å². The molecule has 0 radical (unpaired) electrons. The summed E-state index contributed by atoms with van der Waals surface area (Å²) in [5.41, 5.74) is 1.09. The molecule has 0 aliphatic heterocycles. The summed E-state index contributed by atoms with van der Waals surface area (Å²) < 4.78 is 0. The smallest absolute Gasteiger partial charge is 0.247 e. The average molecular weight is 387 g/mol. The van der Waals surface area contributed by atoms with E-state index in [0.29, 0.717) is 5.82 Å². The van der Waals surface area contributed by atoms with E-state index in [1.807, 2.05) is 72.7 Å². The van der Waals surface area contributed by atoms with Crippen LogP contribution < -0.4 is 5.32 Å². The van der Waals surface area contributed by atoms with Crippen LogP contribution in [0.3, 0.4) is 0 Å². The highest BCUT2D eigenvalue weighted by Crippen LogP contribution is 2.16. The molecule has 0 saturated heterocycles. The second-order valence-corrected chi connectivity index (χ2v) is 8.96. The summed E-state index contributed by atoms with van der Waals surface area (Å²) in [4.78, 5) is 28.0. The van der Waals surface area contributed by atoms with Crippen LogP contribution in [-0.4, -0.2) is 54.5 Å². The lowest BCUT2D eigenvalue weighted by Crippen LogP contribution is -2.53. The van der Waals surface area contributed by atoms with Gasteiger partial charge in [-0.05, 0) is 53.7 Å². The van der Waals surface area contributed by atoms with Crippen molar-refractivity contribution in [1.82, 2.24) is 30.4 Å². The first-order chi connectivity index (χ1) is 12.8. The van der Waals surface area contributed by atoms with E-state index in [1.165, 1.54) is 9.70 Å². The number of nitrogens with one attached hydrogen (secondary N) is 1. The molecule has 0 fully saturated rings. The minimum atomic E-state index is -0.521. The van der Waals surface area contributed by atoms with E-state index in [9.17, 15) is 9.59 Å². The Morgan fingerprint density at radius 2 is 1.68 bits per heavy atom. The van der Waals surface area contributed by atoms with E-state index in [2.05, 4.69) is 20.7 Å². The number of hydrogen-bond donors (Lipinski definition) is 1. The number of benzene rings is 1. The van der Waals surface area contributed by atoms with Gasteiger partial charge >= 0.3 is 0 Å². The molecule has 1 aromatic carbocycles. The number of aromatic nitrogens is 4. The van der Waals surface area contributed by atoms with Crippen molar-refractivity contribution >= 4 is 11.8 Å². The third kappa shape index (κ3) is 6.14. The fraction of sp³-hybridized carbons (Fsp3) is 0.550. The Morgan fingerprint density at radius 3 is 2.21 bits per heavy atom. The number of tetrazole rings is 1. The number of hydrogen-bond acceptors (Lipinski definition) is 5. The number of carbonyl (C=O) groups excluding carboxylic acids is 2. The van der Waals surface area contributed by atoms with Gasteiger partial charge in [0.1, 0.15) is 13.1 Å². The van der Waals surface area contributed by atoms with Crippen molar-refractivity contribution in [3.8, 4) is 11.4 Å². The van der Waals surface area contributed by atoms with Gasteiger partial charge in [-0.25, -0.2) is 0 Å². The maximum absolute atomic E-state index is 12.9. The molecule has 1 heterocycles. The first-order valence-corrected chi connectivity index (χ1v) is 9.31. The molecule has 28 heavy (non-hydrogen) atoms. The van der Waals surface area contributed by atoms with Crippen molar-refractivity contribution in [2.75, 3.05) is 6.54 Å². The fourth-order valence-electron chi connectivity index (χ4n) is 2.64. The van der Waals surface area contributed by atoms with E-state index in [-0.39, 0.29) is 30.4 Å². The Bertz CT molecular complexity index is 828. The Kier molecular flexibility index (Phi) is 6.21. The van der Waals surface area contributed by atoms with Crippen LogP contribution in [0.25, 0.3) is 11.4 Å². The van der Waals surface area contributed by atoms with Gasteiger partial charge in [-0.3, -0.25) is 9.59 Å². The predicted octanol–water partition coefficient (Wildman–Crippen LogP) is 2.19. The van der Waals surface area contributed by atoms with Crippen molar-refractivity contribution in [3.05, 3.63) is 29.8 Å². The lowest BCUT2D eigenvalue weighted by molar-refractivity contribution is -0.142. The highest BCUT2D eigenvalue weighted by Gasteiger charge is 2.30. The minimum Gasteiger partial charge on any atom is -0.350 e. The third-order valence-corrected chi connectivity index (χ3v) is 3.97. The molecule has 8 nitrogen and oxygen atoms in total. The molecule has 2 amide bonds. The van der Waals surface area contributed by atoms with Crippen molar-refractivity contribution in [2.45, 2.75) is 66.1 Å². The summed E-state index contributed by atoms with van der Waals surface area (Å²) >= 11 is 0. The molecule has 0 unspecified atom stereocenters. The zero-order chi connectivity index (χ0) is 21.1. The fourth-order valence-corrected chi connectivity index (χ4v) is 2.64. The van der Waals surface area contributed by atoms with E-state index in [1.54, 1.807) is 0 Å². The van der Waals surface area contributed by atoms with Crippen LogP contribution >= 0.6 is 0 Å². The van der Waals surface area contributed by atoms with Gasteiger partial charge in [0, 0.05) is 16.6 Å². The van der Waals surface area contributed by atoms with Crippen molar-refractivity contribution in [2.24, 2.45) is 0 Å². The molecule has 0 aliphatic carbocycles. The number of rotatable bonds is 5. The van der Waals surface area contributed by atoms with Gasteiger partial charge in [0.2, 0.25) is 17.6 Å². The summed E-state index contributed by atoms with van der Waals surface area (Å²) in [6.45, 7) is 13.3. The molecular formula is C20H30N6O2. The molecule has 152 valence electrons. The summed E-state index contributed by atoms with van der Waals surface area (Å²) in [6.07, 6.45) is 0. The van der Waals surface area contributed by atoms with Crippen LogP contribution in [0.2, 0.25) is 0 Å². The molecule has 0 spiro atoms. The van der Waals surface area contributed by atoms with Crippen LogP contribution in [0.5, 0.6) is 0 Å². The second kappa shape index (κ2) is 8.08. The largest absolute Gasteiger partial charge is 0.350 e. The van der Waals surface area contributed by atoms with Crippen LogP contribution in [-0.2, 0) is 16.1 Å². The molecule has 8 heteroatoms. The normalized spacial score (nSPS) is 12.0. The second-order valence-electron chi connectivity index (χ2n) is 8.96. The van der Waals surface area contributed by atoms with Gasteiger partial charge in [-0.15, -0.1) is 10.2 Å². The SMILES string of the molecule is Cc1ccc(-c2nnn(CC(=O)N(CC(=O)NC(C)(C)C)C(C)(C)C)n2)cc1. The Morgan fingerprint density at radius 1 is 1.07 bits per heavy atom. The van der Waals surface area contributed by atoms with Crippen LogP contribution in [0.1, 0.15) is 47.1 Å². The van der Waals surface area contributed by atoms with E-state index in [4.69, 9.17) is 0 Å². The first kappa shape index (κ1) is 21.5. The molecule has 1 N–H and O–H groups in total. The predicted molar refractivity (Wildman–Crippen MR) is 107 cm³/mol. The lowest BCUT2D eigenvalue weighted by atomic mass is 10.1. The van der Waals surface area contributed by atoms with Crippen LogP contribution in [0.15, 0.2) is 24.3 Å². The zero-order valence-electron chi connectivity index (χ0n) is 17.8. The summed E-state index contributed by atoms with van der Waals surface area (Å²) in [5, 5.41) is 15.2. The maximum Gasteiger partial charge on any atom is 0.247 e. The molecular weight excluding hydrogens is 356 g/mol. The third-order valence-electron chi connectivity index (χ3n) is 3.97. The quantitative estimate of drug-likeness (QED) is 0.850. The molecule has 0 saturated carbocycles. The van der Waals surface area contributed by atoms with Crippen molar-refractivity contribution in [3.63, 3.8) is 0 Å². The summed E-state index contributed by atoms with van der Waals surface area (Å²) in [7, 11) is 0. The van der Waals surface area contributed by atoms with Gasteiger partial charge < -0.3 is 10.2 Å². The Balaban J connectivity index is 2.11. The van der Waals surface area contributed by atoms with Gasteiger partial charge in [0.15, 0.2) is 0 Å². The monoisotopic (exact) mass is 386 g/mol. The average Bonchev–Trinajstić information content (AvgIpc) is 2.99. The number of amides is 2. The molecule has 0 bridgehead atoms. The van der Waals surface area contributed by atoms with Crippen molar-refractivity contribution < 1.29 is 9.59 Å².